The van der Waals surface area contributed by atoms with Crippen LogP contribution in [0.5, 0.6) is 0 Å². The molecule has 3 N–H and O–H groups in total. The third-order valence-electron chi connectivity index (χ3n) is 2.37. The van der Waals surface area contributed by atoms with Crippen LogP contribution in [-0.2, 0) is 9.53 Å². The molecular formula is C13H25NO5. The Morgan fingerprint density at radius 2 is 1.63 bits per heavy atom. The van der Waals surface area contributed by atoms with Gasteiger partial charge in [-0.3, -0.25) is 4.79 Å². The minimum atomic E-state index is -1.09. The number of alkyl carbamates (subject to hydrolysis) is 1. The van der Waals surface area contributed by atoms with E-state index in [1.165, 1.54) is 0 Å². The van der Waals surface area contributed by atoms with Crippen LogP contribution in [0.4, 0.5) is 4.79 Å². The number of carboxylic acids is 1. The Morgan fingerprint density at radius 3 is 1.95 bits per heavy atom. The van der Waals surface area contributed by atoms with Crippen molar-refractivity contribution in [2.45, 2.75) is 65.7 Å². The fourth-order valence-corrected chi connectivity index (χ4v) is 1.49. The van der Waals surface area contributed by atoms with Crippen molar-refractivity contribution < 1.29 is 24.5 Å². The van der Waals surface area contributed by atoms with Gasteiger partial charge in [-0.1, -0.05) is 20.8 Å². The van der Waals surface area contributed by atoms with Gasteiger partial charge in [0.05, 0.1) is 18.6 Å². The molecule has 0 fully saturated rings. The van der Waals surface area contributed by atoms with Crippen LogP contribution in [0.2, 0.25) is 0 Å². The highest BCUT2D eigenvalue weighted by Crippen LogP contribution is 2.23. The Hall–Kier alpha value is -1.30. The molecule has 0 rings (SSSR count). The number of rotatable bonds is 4. The number of nitrogens with one attached hydrogen (secondary N) is 1. The van der Waals surface area contributed by atoms with Crippen LogP contribution in [0.1, 0.15) is 48.0 Å². The first-order chi connectivity index (χ1) is 8.33. The number of aliphatic hydroxyl groups is 1. The van der Waals surface area contributed by atoms with Gasteiger partial charge in [-0.15, -0.1) is 0 Å². The number of amides is 1. The average Bonchev–Trinajstić information content (AvgIpc) is 2.09. The zero-order chi connectivity index (χ0) is 15.4. The summed E-state index contributed by atoms with van der Waals surface area (Å²) < 4.78 is 5.06. The summed E-state index contributed by atoms with van der Waals surface area (Å²) in [5, 5.41) is 21.4. The first-order valence-corrected chi connectivity index (χ1v) is 6.22. The van der Waals surface area contributed by atoms with Crippen molar-refractivity contribution in [1.82, 2.24) is 5.32 Å². The molecule has 0 spiro atoms. The van der Waals surface area contributed by atoms with Crippen molar-refractivity contribution in [1.29, 1.82) is 0 Å². The normalized spacial score (nSPS) is 15.5. The van der Waals surface area contributed by atoms with Crippen molar-refractivity contribution in [3.63, 3.8) is 0 Å². The molecule has 0 bridgehead atoms. The molecule has 2 atom stereocenters. The lowest BCUT2D eigenvalue weighted by atomic mass is 9.83. The maximum atomic E-state index is 11.6. The number of carbonyl (C=O) groups excluding carboxylic acids is 1. The van der Waals surface area contributed by atoms with E-state index in [0.29, 0.717) is 0 Å². The molecule has 0 aromatic carbocycles. The van der Waals surface area contributed by atoms with Gasteiger partial charge in [0.25, 0.3) is 0 Å². The Balaban J connectivity index is 4.79. The Morgan fingerprint density at radius 1 is 1.16 bits per heavy atom. The van der Waals surface area contributed by atoms with E-state index in [1.807, 2.05) is 0 Å². The lowest BCUT2D eigenvalue weighted by Gasteiger charge is -2.33. The van der Waals surface area contributed by atoms with Crippen molar-refractivity contribution in [2.75, 3.05) is 0 Å². The van der Waals surface area contributed by atoms with E-state index in [0.717, 1.165) is 0 Å². The number of aliphatic carboxylic acids is 1. The first kappa shape index (κ1) is 17.7. The van der Waals surface area contributed by atoms with Crippen LogP contribution in [-0.4, -0.2) is 40.0 Å². The van der Waals surface area contributed by atoms with Crippen LogP contribution >= 0.6 is 0 Å². The topological polar surface area (TPSA) is 95.9 Å². The summed E-state index contributed by atoms with van der Waals surface area (Å²) in [6.45, 7) is 10.4. The van der Waals surface area contributed by atoms with Crippen LogP contribution < -0.4 is 5.32 Å². The molecule has 0 saturated carbocycles. The molecule has 0 aromatic rings. The van der Waals surface area contributed by atoms with Crippen LogP contribution in [0.15, 0.2) is 0 Å². The van der Waals surface area contributed by atoms with Crippen LogP contribution in [0.3, 0.4) is 0 Å². The number of hydrogen-bond donors (Lipinski definition) is 3. The van der Waals surface area contributed by atoms with Crippen LogP contribution in [0, 0.1) is 5.41 Å². The van der Waals surface area contributed by atoms with E-state index in [-0.39, 0.29) is 6.42 Å². The average molecular weight is 275 g/mol. The SMILES string of the molecule is CC(C)(C)OC(=O)N[C@@H](CC(=O)O)C(O)C(C)(C)C. The highest BCUT2D eigenvalue weighted by molar-refractivity contribution is 5.71. The zero-order valence-electron chi connectivity index (χ0n) is 12.5. The summed E-state index contributed by atoms with van der Waals surface area (Å²) in [5.74, 6) is -1.09. The second kappa shape index (κ2) is 6.23. The van der Waals surface area contributed by atoms with Gasteiger partial charge in [0, 0.05) is 0 Å². The Bertz CT molecular complexity index is 327. The fraction of sp³-hybridized carbons (Fsp3) is 0.846. The van der Waals surface area contributed by atoms with E-state index >= 15 is 0 Å². The van der Waals surface area contributed by atoms with Crippen LogP contribution in [0.25, 0.3) is 0 Å². The number of ether oxygens (including phenoxy) is 1. The largest absolute Gasteiger partial charge is 0.481 e. The smallest absolute Gasteiger partial charge is 0.407 e. The van der Waals surface area contributed by atoms with Crippen molar-refractivity contribution in [3.05, 3.63) is 0 Å². The molecule has 0 aliphatic rings. The molecule has 6 heteroatoms. The Labute approximate surface area is 114 Å². The van der Waals surface area contributed by atoms with Crippen molar-refractivity contribution in [2.24, 2.45) is 5.41 Å². The molecule has 1 amide bonds. The maximum absolute atomic E-state index is 11.6. The minimum Gasteiger partial charge on any atom is -0.481 e. The molecule has 112 valence electrons. The summed E-state index contributed by atoms with van der Waals surface area (Å²) in [6, 6.07) is -0.896. The number of carbonyl (C=O) groups is 2. The molecule has 0 aliphatic carbocycles. The quantitative estimate of drug-likeness (QED) is 0.726. The van der Waals surface area contributed by atoms with E-state index in [2.05, 4.69) is 5.32 Å². The first-order valence-electron chi connectivity index (χ1n) is 6.22. The molecule has 0 heterocycles. The van der Waals surface area contributed by atoms with Crippen molar-refractivity contribution in [3.8, 4) is 0 Å². The second-order valence-corrected chi connectivity index (χ2v) is 6.66. The van der Waals surface area contributed by atoms with Gasteiger partial charge in [-0.25, -0.2) is 4.79 Å². The molecule has 0 saturated heterocycles. The predicted molar refractivity (Wildman–Crippen MR) is 70.9 cm³/mol. The van der Waals surface area contributed by atoms with Gasteiger partial charge in [-0.2, -0.15) is 0 Å². The monoisotopic (exact) mass is 275 g/mol. The van der Waals surface area contributed by atoms with E-state index in [9.17, 15) is 14.7 Å². The van der Waals surface area contributed by atoms with Gasteiger partial charge >= 0.3 is 12.1 Å². The fourth-order valence-electron chi connectivity index (χ4n) is 1.49. The summed E-state index contributed by atoms with van der Waals surface area (Å²) in [7, 11) is 0. The van der Waals surface area contributed by atoms with Gasteiger partial charge in [0.15, 0.2) is 0 Å². The Kier molecular flexibility index (Phi) is 5.81. The number of hydrogen-bond acceptors (Lipinski definition) is 4. The lowest BCUT2D eigenvalue weighted by Crippen LogP contribution is -2.50. The molecule has 0 aromatic heterocycles. The van der Waals surface area contributed by atoms with E-state index < -0.39 is 35.2 Å². The van der Waals surface area contributed by atoms with E-state index in [1.54, 1.807) is 41.5 Å². The number of carboxylic acid groups (broad SMARTS) is 1. The highest BCUT2D eigenvalue weighted by atomic mass is 16.6. The van der Waals surface area contributed by atoms with Crippen molar-refractivity contribution >= 4 is 12.1 Å². The molecule has 19 heavy (non-hydrogen) atoms. The van der Waals surface area contributed by atoms with Gasteiger partial charge in [0.1, 0.15) is 5.60 Å². The van der Waals surface area contributed by atoms with Gasteiger partial charge < -0.3 is 20.3 Å². The molecular weight excluding hydrogens is 250 g/mol. The molecule has 6 nitrogen and oxygen atoms in total. The molecule has 0 radical (unpaired) electrons. The summed E-state index contributed by atoms with van der Waals surface area (Å²) >= 11 is 0. The number of aliphatic hydroxyl groups excluding tert-OH is 1. The summed E-state index contributed by atoms with van der Waals surface area (Å²) in [4.78, 5) is 22.4. The minimum absolute atomic E-state index is 0.363. The summed E-state index contributed by atoms with van der Waals surface area (Å²) in [6.07, 6.45) is -2.09. The van der Waals surface area contributed by atoms with Gasteiger partial charge in [0.2, 0.25) is 0 Å². The summed E-state index contributed by atoms with van der Waals surface area (Å²) in [5.41, 5.74) is -1.22. The van der Waals surface area contributed by atoms with E-state index in [4.69, 9.17) is 9.84 Å². The molecule has 0 aliphatic heterocycles. The third-order valence-corrected chi connectivity index (χ3v) is 2.37. The lowest BCUT2D eigenvalue weighted by molar-refractivity contribution is -0.138. The third kappa shape index (κ3) is 7.66. The maximum Gasteiger partial charge on any atom is 0.407 e. The second-order valence-electron chi connectivity index (χ2n) is 6.66. The standard InChI is InChI=1S/C13H25NO5/c1-12(2,3)10(17)8(7-9(15)16)14-11(18)19-13(4,5)6/h8,10,17H,7H2,1-6H3,(H,14,18)(H,15,16)/t8-,10?/m0/s1. The van der Waals surface area contributed by atoms with Gasteiger partial charge in [-0.05, 0) is 26.2 Å². The zero-order valence-corrected chi connectivity index (χ0v) is 12.5. The molecule has 1 unspecified atom stereocenters. The highest BCUT2D eigenvalue weighted by Gasteiger charge is 2.34. The predicted octanol–water partition coefficient (Wildman–Crippen LogP) is 1.76.